The summed E-state index contributed by atoms with van der Waals surface area (Å²) >= 11 is 0. The molecule has 2 unspecified atom stereocenters. The number of pyridine rings is 2. The van der Waals surface area contributed by atoms with Crippen LogP contribution in [0.15, 0.2) is 176 Å². The first kappa shape index (κ1) is 28.5. The van der Waals surface area contributed by atoms with Crippen molar-refractivity contribution in [3.8, 4) is 56.2 Å². The lowest BCUT2D eigenvalue weighted by atomic mass is 9.92. The SMILES string of the molecule is C1=CC2Oc3ccc(-n4c5ccc(-c6ccccc6-c6ccccn6)cc5c5cc(-c6ccccc6-c6ccccn6)ccc54)cc3C2C=C1. The Morgan fingerprint density at radius 3 is 1.64 bits per heavy atom. The highest BCUT2D eigenvalue weighted by molar-refractivity contribution is 6.12. The van der Waals surface area contributed by atoms with Crippen LogP contribution in [0, 0.1) is 0 Å². The number of benzene rings is 5. The van der Waals surface area contributed by atoms with Gasteiger partial charge in [0.1, 0.15) is 11.9 Å². The standard InChI is InChI=1S/C46H31N3O/c1-3-13-35(41-16-7-9-25-47-41)33(11-1)30-19-22-43-38(27-30)39-28-31(34-12-2-4-14-36(34)42-17-8-10-26-48-42)20-23-44(39)49(43)32-21-24-46-40(29-32)37-15-5-6-18-45(37)50-46/h1-29,37,45H. The van der Waals surface area contributed by atoms with Gasteiger partial charge in [0.05, 0.1) is 22.4 Å². The Morgan fingerprint density at radius 2 is 1.06 bits per heavy atom. The fourth-order valence-corrected chi connectivity index (χ4v) is 7.77. The van der Waals surface area contributed by atoms with E-state index in [2.05, 4.69) is 144 Å². The normalized spacial score (nSPS) is 16.0. The van der Waals surface area contributed by atoms with Crippen LogP contribution < -0.4 is 4.74 Å². The molecule has 50 heavy (non-hydrogen) atoms. The van der Waals surface area contributed by atoms with E-state index in [1.807, 2.05) is 36.7 Å². The van der Waals surface area contributed by atoms with Crippen molar-refractivity contribution in [2.45, 2.75) is 12.0 Å². The number of nitrogens with zero attached hydrogens (tertiary/aromatic N) is 3. The van der Waals surface area contributed by atoms with Crippen molar-refractivity contribution in [3.63, 3.8) is 0 Å². The number of ether oxygens (including phenoxy) is 1. The van der Waals surface area contributed by atoms with Gasteiger partial charge < -0.3 is 9.30 Å². The van der Waals surface area contributed by atoms with E-state index in [1.54, 1.807) is 0 Å². The fraction of sp³-hybridized carbons (Fsp3) is 0.0435. The lowest BCUT2D eigenvalue weighted by molar-refractivity contribution is 0.269. The molecule has 8 aromatic rings. The second kappa shape index (κ2) is 11.6. The molecule has 4 heterocycles. The van der Waals surface area contributed by atoms with E-state index in [4.69, 9.17) is 14.7 Å². The minimum atomic E-state index is 0.0480. The third kappa shape index (κ3) is 4.61. The summed E-state index contributed by atoms with van der Waals surface area (Å²) in [6.07, 6.45) is 12.4. The molecule has 0 N–H and O–H groups in total. The summed E-state index contributed by atoms with van der Waals surface area (Å²) in [5, 5.41) is 2.39. The summed E-state index contributed by atoms with van der Waals surface area (Å²) in [5.74, 6) is 1.18. The molecule has 5 aromatic carbocycles. The summed E-state index contributed by atoms with van der Waals surface area (Å²) < 4.78 is 8.73. The van der Waals surface area contributed by atoms with E-state index in [0.29, 0.717) is 0 Å². The zero-order valence-electron chi connectivity index (χ0n) is 27.1. The molecule has 0 spiro atoms. The Kier molecular flexibility index (Phi) is 6.59. The molecule has 2 atom stereocenters. The van der Waals surface area contributed by atoms with Crippen molar-refractivity contribution in [1.82, 2.24) is 14.5 Å². The molecule has 236 valence electrons. The van der Waals surface area contributed by atoms with Gasteiger partial charge >= 0.3 is 0 Å². The smallest absolute Gasteiger partial charge is 0.128 e. The van der Waals surface area contributed by atoms with Crippen LogP contribution in [0.2, 0.25) is 0 Å². The van der Waals surface area contributed by atoms with Crippen molar-refractivity contribution < 1.29 is 4.74 Å². The van der Waals surface area contributed by atoms with Crippen LogP contribution in [0.4, 0.5) is 0 Å². The fourth-order valence-electron chi connectivity index (χ4n) is 7.77. The average Bonchev–Trinajstić information content (AvgIpc) is 3.73. The van der Waals surface area contributed by atoms with Crippen molar-refractivity contribution in [3.05, 3.63) is 182 Å². The van der Waals surface area contributed by atoms with Gasteiger partial charge in [-0.3, -0.25) is 9.97 Å². The summed E-state index contributed by atoms with van der Waals surface area (Å²) in [4.78, 5) is 9.40. The molecular weight excluding hydrogens is 611 g/mol. The molecular formula is C46H31N3O. The molecule has 1 aliphatic heterocycles. The van der Waals surface area contributed by atoms with Crippen LogP contribution in [-0.2, 0) is 0 Å². The highest BCUT2D eigenvalue weighted by atomic mass is 16.5. The van der Waals surface area contributed by atoms with Gasteiger partial charge in [0.25, 0.3) is 0 Å². The van der Waals surface area contributed by atoms with Gasteiger partial charge in [-0.05, 0) is 95.1 Å². The maximum atomic E-state index is 6.33. The number of hydrogen-bond donors (Lipinski definition) is 0. The number of allylic oxidation sites excluding steroid dienone is 2. The summed E-state index contributed by atoms with van der Waals surface area (Å²) in [5.41, 5.74) is 13.4. The maximum Gasteiger partial charge on any atom is 0.128 e. The lowest BCUT2D eigenvalue weighted by Gasteiger charge is -2.14. The Bertz CT molecular complexity index is 2500. The molecule has 3 aromatic heterocycles. The van der Waals surface area contributed by atoms with Gasteiger partial charge in [-0.15, -0.1) is 0 Å². The summed E-state index contributed by atoms with van der Waals surface area (Å²) in [7, 11) is 0. The second-order valence-corrected chi connectivity index (χ2v) is 12.9. The van der Waals surface area contributed by atoms with Gasteiger partial charge in [-0.25, -0.2) is 0 Å². The third-order valence-corrected chi connectivity index (χ3v) is 10.1. The molecule has 0 amide bonds. The number of hydrogen-bond acceptors (Lipinski definition) is 3. The number of fused-ring (bicyclic) bond motifs is 6. The Balaban J connectivity index is 1.21. The van der Waals surface area contributed by atoms with Gasteiger partial charge in [0.15, 0.2) is 0 Å². The van der Waals surface area contributed by atoms with Crippen molar-refractivity contribution in [2.24, 2.45) is 0 Å². The van der Waals surface area contributed by atoms with Crippen molar-refractivity contribution in [2.75, 3.05) is 0 Å². The molecule has 2 aliphatic rings. The molecule has 0 saturated heterocycles. The molecule has 0 fully saturated rings. The molecule has 0 radical (unpaired) electrons. The Labute approximate surface area is 290 Å². The molecule has 10 rings (SSSR count). The minimum absolute atomic E-state index is 0.0480. The largest absolute Gasteiger partial charge is 0.485 e. The predicted molar refractivity (Wildman–Crippen MR) is 204 cm³/mol. The minimum Gasteiger partial charge on any atom is -0.485 e. The topological polar surface area (TPSA) is 39.9 Å². The zero-order valence-corrected chi connectivity index (χ0v) is 27.1. The number of rotatable bonds is 5. The zero-order chi connectivity index (χ0) is 33.0. The van der Waals surface area contributed by atoms with Crippen LogP contribution in [0.5, 0.6) is 5.75 Å². The monoisotopic (exact) mass is 641 g/mol. The van der Waals surface area contributed by atoms with E-state index in [-0.39, 0.29) is 12.0 Å². The van der Waals surface area contributed by atoms with Crippen LogP contribution >= 0.6 is 0 Å². The van der Waals surface area contributed by atoms with Gasteiger partial charge in [-0.1, -0.05) is 91.0 Å². The van der Waals surface area contributed by atoms with E-state index in [9.17, 15) is 0 Å². The average molecular weight is 642 g/mol. The van der Waals surface area contributed by atoms with E-state index in [1.165, 1.54) is 16.3 Å². The first-order valence-electron chi connectivity index (χ1n) is 17.1. The highest BCUT2D eigenvalue weighted by Gasteiger charge is 2.32. The molecule has 4 nitrogen and oxygen atoms in total. The van der Waals surface area contributed by atoms with Gasteiger partial charge in [-0.2, -0.15) is 0 Å². The van der Waals surface area contributed by atoms with Gasteiger partial charge in [0.2, 0.25) is 0 Å². The van der Waals surface area contributed by atoms with Crippen LogP contribution in [0.1, 0.15) is 11.5 Å². The van der Waals surface area contributed by atoms with Crippen molar-refractivity contribution >= 4 is 21.8 Å². The van der Waals surface area contributed by atoms with E-state index < -0.39 is 0 Å². The first-order chi connectivity index (χ1) is 24.8. The summed E-state index contributed by atoms with van der Waals surface area (Å²) in [6.45, 7) is 0. The Morgan fingerprint density at radius 1 is 0.500 bits per heavy atom. The maximum absolute atomic E-state index is 6.33. The van der Waals surface area contributed by atoms with Crippen LogP contribution in [0.25, 0.3) is 72.3 Å². The van der Waals surface area contributed by atoms with Gasteiger partial charge in [0, 0.05) is 51.5 Å². The molecule has 1 aliphatic carbocycles. The third-order valence-electron chi connectivity index (χ3n) is 10.1. The second-order valence-electron chi connectivity index (χ2n) is 12.9. The molecule has 4 heteroatoms. The quantitative estimate of drug-likeness (QED) is 0.188. The van der Waals surface area contributed by atoms with E-state index >= 15 is 0 Å². The highest BCUT2D eigenvalue weighted by Crippen LogP contribution is 2.44. The molecule has 0 bridgehead atoms. The van der Waals surface area contributed by atoms with Crippen LogP contribution in [0.3, 0.4) is 0 Å². The molecule has 0 saturated carbocycles. The summed E-state index contributed by atoms with van der Waals surface area (Å²) in [6, 6.07) is 49.7. The van der Waals surface area contributed by atoms with Crippen molar-refractivity contribution in [1.29, 1.82) is 0 Å². The Hall–Kier alpha value is -6.52. The lowest BCUT2D eigenvalue weighted by Crippen LogP contribution is -2.15. The first-order valence-corrected chi connectivity index (χ1v) is 17.1. The van der Waals surface area contributed by atoms with Crippen LogP contribution in [-0.4, -0.2) is 20.6 Å². The number of aromatic nitrogens is 3. The van der Waals surface area contributed by atoms with E-state index in [0.717, 1.165) is 67.2 Å². The predicted octanol–water partition coefficient (Wildman–Crippen LogP) is 11.2.